The van der Waals surface area contributed by atoms with Gasteiger partial charge in [0, 0.05) is 13.5 Å². The van der Waals surface area contributed by atoms with Crippen LogP contribution in [0, 0.1) is 0 Å². The minimum atomic E-state index is 0.272. The summed E-state index contributed by atoms with van der Waals surface area (Å²) in [5.74, 6) is 0.272. The van der Waals surface area contributed by atoms with E-state index in [4.69, 9.17) is 0 Å². The molecule has 0 aliphatic heterocycles. The molecule has 0 saturated carbocycles. The molecule has 2 rings (SSSR count). The Morgan fingerprint density at radius 3 is 2.94 bits per heavy atom. The van der Waals surface area contributed by atoms with Gasteiger partial charge in [0.05, 0.1) is 6.04 Å². The molecular formula is C15H21NO. The summed E-state index contributed by atoms with van der Waals surface area (Å²) < 4.78 is 0. The maximum Gasteiger partial charge on any atom is 0.222 e. The molecule has 0 unspecified atom stereocenters. The lowest BCUT2D eigenvalue weighted by Gasteiger charge is -2.33. The molecule has 1 amide bonds. The Morgan fingerprint density at radius 1 is 1.41 bits per heavy atom. The van der Waals surface area contributed by atoms with Crippen molar-refractivity contribution in [1.82, 2.24) is 4.90 Å². The monoisotopic (exact) mass is 231 g/mol. The van der Waals surface area contributed by atoms with E-state index in [-0.39, 0.29) is 5.91 Å². The van der Waals surface area contributed by atoms with E-state index in [9.17, 15) is 4.79 Å². The van der Waals surface area contributed by atoms with Crippen molar-refractivity contribution in [1.29, 1.82) is 0 Å². The number of aryl methyl sites for hydroxylation is 1. The van der Waals surface area contributed by atoms with Crippen LogP contribution in [-0.4, -0.2) is 17.9 Å². The van der Waals surface area contributed by atoms with Gasteiger partial charge in [-0.15, -0.1) is 0 Å². The van der Waals surface area contributed by atoms with Crippen molar-refractivity contribution >= 4 is 5.91 Å². The van der Waals surface area contributed by atoms with Gasteiger partial charge in [-0.2, -0.15) is 0 Å². The number of nitrogens with zero attached hydrogens (tertiary/aromatic N) is 1. The second-order valence-corrected chi connectivity index (χ2v) is 4.86. The molecule has 1 aliphatic carbocycles. The molecule has 0 saturated heterocycles. The number of fused-ring (bicyclic) bond motifs is 1. The van der Waals surface area contributed by atoms with E-state index in [1.54, 1.807) is 0 Å². The summed E-state index contributed by atoms with van der Waals surface area (Å²) in [6.45, 7) is 2.06. The Labute approximate surface area is 104 Å². The van der Waals surface area contributed by atoms with Crippen molar-refractivity contribution in [2.75, 3.05) is 7.05 Å². The second-order valence-electron chi connectivity index (χ2n) is 4.86. The van der Waals surface area contributed by atoms with Crippen LogP contribution >= 0.6 is 0 Å². The average molecular weight is 231 g/mol. The molecule has 0 aromatic heterocycles. The molecule has 0 bridgehead atoms. The number of rotatable bonds is 3. The molecule has 0 spiro atoms. The van der Waals surface area contributed by atoms with Gasteiger partial charge in [0.15, 0.2) is 0 Å². The van der Waals surface area contributed by atoms with Crippen molar-refractivity contribution in [2.45, 2.75) is 45.1 Å². The predicted octanol–water partition coefficient (Wildman–Crippen LogP) is 3.32. The van der Waals surface area contributed by atoms with Crippen LogP contribution in [0.5, 0.6) is 0 Å². The zero-order valence-electron chi connectivity index (χ0n) is 10.8. The maximum atomic E-state index is 12.0. The molecule has 1 aromatic rings. The topological polar surface area (TPSA) is 20.3 Å². The highest BCUT2D eigenvalue weighted by Crippen LogP contribution is 2.33. The molecule has 17 heavy (non-hydrogen) atoms. The molecule has 2 nitrogen and oxygen atoms in total. The molecule has 92 valence electrons. The first-order valence-electron chi connectivity index (χ1n) is 6.57. The summed E-state index contributed by atoms with van der Waals surface area (Å²) in [4.78, 5) is 13.9. The summed E-state index contributed by atoms with van der Waals surface area (Å²) in [7, 11) is 1.95. The van der Waals surface area contributed by atoms with Crippen LogP contribution in [-0.2, 0) is 11.2 Å². The molecule has 2 heteroatoms. The van der Waals surface area contributed by atoms with Gasteiger partial charge in [0.25, 0.3) is 0 Å². The zero-order valence-corrected chi connectivity index (χ0v) is 10.8. The third kappa shape index (κ3) is 2.51. The van der Waals surface area contributed by atoms with Crippen molar-refractivity contribution in [3.63, 3.8) is 0 Å². The van der Waals surface area contributed by atoms with E-state index in [0.29, 0.717) is 12.5 Å². The summed E-state index contributed by atoms with van der Waals surface area (Å²) >= 11 is 0. The highest BCUT2D eigenvalue weighted by Gasteiger charge is 2.25. The summed E-state index contributed by atoms with van der Waals surface area (Å²) in [6.07, 6.45) is 5.03. The van der Waals surface area contributed by atoms with E-state index in [1.165, 1.54) is 17.5 Å². The lowest BCUT2D eigenvalue weighted by Crippen LogP contribution is -2.33. The van der Waals surface area contributed by atoms with Gasteiger partial charge in [0.1, 0.15) is 0 Å². The number of carbonyl (C=O) groups excluding carboxylic acids is 1. The smallest absolute Gasteiger partial charge is 0.222 e. The molecule has 0 radical (unpaired) electrons. The first-order chi connectivity index (χ1) is 8.24. The molecule has 1 aliphatic rings. The van der Waals surface area contributed by atoms with Crippen LogP contribution in [0.1, 0.15) is 49.8 Å². The maximum absolute atomic E-state index is 12.0. The zero-order chi connectivity index (χ0) is 12.3. The van der Waals surface area contributed by atoms with E-state index >= 15 is 0 Å². The number of benzene rings is 1. The van der Waals surface area contributed by atoms with Crippen LogP contribution in [0.25, 0.3) is 0 Å². The van der Waals surface area contributed by atoms with Crippen molar-refractivity contribution in [2.24, 2.45) is 0 Å². The Hall–Kier alpha value is -1.31. The minimum Gasteiger partial charge on any atom is -0.339 e. The quantitative estimate of drug-likeness (QED) is 0.781. The molecular weight excluding hydrogens is 210 g/mol. The van der Waals surface area contributed by atoms with Gasteiger partial charge in [-0.1, -0.05) is 31.2 Å². The largest absolute Gasteiger partial charge is 0.339 e. The Morgan fingerprint density at radius 2 is 2.18 bits per heavy atom. The molecule has 0 heterocycles. The van der Waals surface area contributed by atoms with Gasteiger partial charge in [0.2, 0.25) is 5.91 Å². The third-order valence-electron chi connectivity index (χ3n) is 3.66. The SMILES string of the molecule is CCCC(=O)N(C)[C@H]1CCCc2ccccc21. The first kappa shape index (κ1) is 12.2. The van der Waals surface area contributed by atoms with Crippen molar-refractivity contribution in [3.8, 4) is 0 Å². The van der Waals surface area contributed by atoms with Gasteiger partial charge in [-0.3, -0.25) is 4.79 Å². The number of carbonyl (C=O) groups is 1. The fourth-order valence-electron chi connectivity index (χ4n) is 2.69. The summed E-state index contributed by atoms with van der Waals surface area (Å²) in [5.41, 5.74) is 2.77. The van der Waals surface area contributed by atoms with Crippen molar-refractivity contribution < 1.29 is 4.79 Å². The van der Waals surface area contributed by atoms with Crippen LogP contribution in [0.3, 0.4) is 0 Å². The van der Waals surface area contributed by atoms with Crippen LogP contribution in [0.15, 0.2) is 24.3 Å². The molecule has 1 aromatic carbocycles. The lowest BCUT2D eigenvalue weighted by atomic mass is 9.87. The van der Waals surface area contributed by atoms with Crippen molar-refractivity contribution in [3.05, 3.63) is 35.4 Å². The third-order valence-corrected chi connectivity index (χ3v) is 3.66. The molecule has 0 N–H and O–H groups in total. The Bertz CT molecular complexity index is 400. The van der Waals surface area contributed by atoms with Gasteiger partial charge in [-0.25, -0.2) is 0 Å². The van der Waals surface area contributed by atoms with E-state index in [0.717, 1.165) is 19.3 Å². The van der Waals surface area contributed by atoms with Crippen LogP contribution in [0.2, 0.25) is 0 Å². The van der Waals surface area contributed by atoms with E-state index < -0.39 is 0 Å². The number of amides is 1. The average Bonchev–Trinajstić information content (AvgIpc) is 2.37. The first-order valence-corrected chi connectivity index (χ1v) is 6.57. The van der Waals surface area contributed by atoms with E-state index in [1.807, 2.05) is 11.9 Å². The summed E-state index contributed by atoms with van der Waals surface area (Å²) in [5, 5.41) is 0. The number of hydrogen-bond donors (Lipinski definition) is 0. The molecule has 0 fully saturated rings. The highest BCUT2D eigenvalue weighted by atomic mass is 16.2. The van der Waals surface area contributed by atoms with Gasteiger partial charge >= 0.3 is 0 Å². The standard InChI is InChI=1S/C15H21NO/c1-3-7-15(17)16(2)14-11-6-9-12-8-4-5-10-13(12)14/h4-5,8,10,14H,3,6-7,9,11H2,1-2H3/t14-/m0/s1. The fraction of sp³-hybridized carbons (Fsp3) is 0.533. The van der Waals surface area contributed by atoms with Crippen LogP contribution in [0.4, 0.5) is 0 Å². The Balaban J connectivity index is 2.20. The molecule has 1 atom stereocenters. The predicted molar refractivity (Wildman–Crippen MR) is 69.8 cm³/mol. The minimum absolute atomic E-state index is 0.272. The van der Waals surface area contributed by atoms with Crippen LogP contribution < -0.4 is 0 Å². The van der Waals surface area contributed by atoms with Gasteiger partial charge in [-0.05, 0) is 36.8 Å². The lowest BCUT2D eigenvalue weighted by molar-refractivity contribution is -0.132. The fourth-order valence-corrected chi connectivity index (χ4v) is 2.69. The summed E-state index contributed by atoms with van der Waals surface area (Å²) in [6, 6.07) is 8.83. The Kier molecular flexibility index (Phi) is 3.82. The normalized spacial score (nSPS) is 18.6. The van der Waals surface area contributed by atoms with E-state index in [2.05, 4.69) is 31.2 Å². The number of hydrogen-bond acceptors (Lipinski definition) is 1. The van der Waals surface area contributed by atoms with Gasteiger partial charge < -0.3 is 4.90 Å². The highest BCUT2D eigenvalue weighted by molar-refractivity contribution is 5.76. The second kappa shape index (κ2) is 5.35.